The number of halogens is 1. The van der Waals surface area contributed by atoms with E-state index < -0.39 is 0 Å². The minimum atomic E-state index is -0.0748. The topological polar surface area (TPSA) is 35.2 Å². The van der Waals surface area contributed by atoms with Gasteiger partial charge >= 0.3 is 0 Å². The van der Waals surface area contributed by atoms with Crippen molar-refractivity contribution >= 4 is 11.6 Å². The van der Waals surface area contributed by atoms with Gasteiger partial charge in [-0.3, -0.25) is 0 Å². The molecule has 0 atom stereocenters. The smallest absolute Gasteiger partial charge is 0.125 e. The molecule has 1 aromatic carbocycles. The number of hydrogen-bond donors (Lipinski definition) is 1. The first-order valence-electron chi connectivity index (χ1n) is 8.32. The number of benzene rings is 1. The van der Waals surface area contributed by atoms with E-state index in [4.69, 9.17) is 22.1 Å². The molecule has 1 fully saturated rings. The molecule has 1 saturated carbocycles. The Hall–Kier alpha value is -0.730. The molecule has 0 aromatic heterocycles. The first kappa shape index (κ1) is 15.2. The van der Waals surface area contributed by atoms with Crippen LogP contribution in [0.25, 0.3) is 0 Å². The highest BCUT2D eigenvalue weighted by Crippen LogP contribution is 2.39. The molecule has 0 amide bonds. The van der Waals surface area contributed by atoms with Gasteiger partial charge in [0.15, 0.2) is 0 Å². The molecule has 0 bridgehead atoms. The maximum Gasteiger partial charge on any atom is 0.125 e. The summed E-state index contributed by atoms with van der Waals surface area (Å²) in [6.45, 7) is 3.05. The third kappa shape index (κ3) is 3.37. The van der Waals surface area contributed by atoms with Gasteiger partial charge in [-0.15, -0.1) is 0 Å². The number of nitrogens with two attached hydrogens (primary N) is 1. The summed E-state index contributed by atoms with van der Waals surface area (Å²) in [5.41, 5.74) is 9.09. The molecule has 0 spiro atoms. The Morgan fingerprint density at radius 1 is 1.33 bits per heavy atom. The molecule has 3 rings (SSSR count). The lowest BCUT2D eigenvalue weighted by molar-refractivity contribution is 0.221. The molecule has 1 aromatic rings. The Morgan fingerprint density at radius 2 is 2.10 bits per heavy atom. The fourth-order valence-corrected chi connectivity index (χ4v) is 4.25. The fraction of sp³-hybridized carbons (Fsp3) is 0.667. The van der Waals surface area contributed by atoms with Gasteiger partial charge < -0.3 is 10.5 Å². The molecule has 116 valence electrons. The summed E-state index contributed by atoms with van der Waals surface area (Å²) in [6, 6.07) is 4.09. The van der Waals surface area contributed by atoms with E-state index in [9.17, 15) is 0 Å². The SMILES string of the molecule is CCCC1CCC(N)(Cc2cc(Cl)cc3c2OCC3)CC1. The minimum absolute atomic E-state index is 0.0748. The lowest BCUT2D eigenvalue weighted by Gasteiger charge is -2.37. The lowest BCUT2D eigenvalue weighted by Crippen LogP contribution is -2.45. The molecule has 1 aliphatic heterocycles. The van der Waals surface area contributed by atoms with Crippen LogP contribution in [-0.2, 0) is 12.8 Å². The van der Waals surface area contributed by atoms with Crippen LogP contribution in [0.5, 0.6) is 5.75 Å². The predicted molar refractivity (Wildman–Crippen MR) is 88.1 cm³/mol. The molecule has 2 aliphatic rings. The zero-order chi connectivity index (χ0) is 14.9. The van der Waals surface area contributed by atoms with Crippen LogP contribution in [0.15, 0.2) is 12.1 Å². The summed E-state index contributed by atoms with van der Waals surface area (Å²) in [6.07, 6.45) is 9.30. The van der Waals surface area contributed by atoms with Gasteiger partial charge in [0.25, 0.3) is 0 Å². The van der Waals surface area contributed by atoms with Crippen LogP contribution in [0.4, 0.5) is 0 Å². The molecule has 2 nitrogen and oxygen atoms in total. The molecular weight excluding hydrogens is 282 g/mol. The van der Waals surface area contributed by atoms with E-state index in [-0.39, 0.29) is 5.54 Å². The normalized spacial score (nSPS) is 28.2. The quantitative estimate of drug-likeness (QED) is 0.888. The van der Waals surface area contributed by atoms with E-state index in [0.717, 1.165) is 49.0 Å². The Kier molecular flexibility index (Phi) is 4.46. The highest BCUT2D eigenvalue weighted by atomic mass is 35.5. The molecule has 3 heteroatoms. The van der Waals surface area contributed by atoms with Gasteiger partial charge in [0.1, 0.15) is 5.75 Å². The summed E-state index contributed by atoms with van der Waals surface area (Å²) >= 11 is 6.26. The molecular formula is C18H26ClNO. The second-order valence-corrected chi connectivity index (χ2v) is 7.36. The van der Waals surface area contributed by atoms with Crippen LogP contribution in [0, 0.1) is 5.92 Å². The number of hydrogen-bond acceptors (Lipinski definition) is 2. The minimum Gasteiger partial charge on any atom is -0.493 e. The van der Waals surface area contributed by atoms with Gasteiger partial charge in [-0.2, -0.15) is 0 Å². The van der Waals surface area contributed by atoms with Gasteiger partial charge in [-0.25, -0.2) is 0 Å². The van der Waals surface area contributed by atoms with E-state index >= 15 is 0 Å². The van der Waals surface area contributed by atoms with Crippen LogP contribution < -0.4 is 10.5 Å². The molecule has 1 heterocycles. The van der Waals surface area contributed by atoms with Crippen molar-refractivity contribution in [1.29, 1.82) is 0 Å². The van der Waals surface area contributed by atoms with Crippen molar-refractivity contribution in [2.24, 2.45) is 11.7 Å². The van der Waals surface area contributed by atoms with Crippen molar-refractivity contribution in [3.8, 4) is 5.75 Å². The van der Waals surface area contributed by atoms with E-state index in [1.54, 1.807) is 0 Å². The Labute approximate surface area is 133 Å². The predicted octanol–water partition coefficient (Wildman–Crippen LogP) is 4.51. The van der Waals surface area contributed by atoms with Crippen LogP contribution >= 0.6 is 11.6 Å². The summed E-state index contributed by atoms with van der Waals surface area (Å²) in [5, 5.41) is 0.817. The van der Waals surface area contributed by atoms with Crippen LogP contribution in [0.2, 0.25) is 5.02 Å². The second-order valence-electron chi connectivity index (χ2n) is 6.92. The molecule has 0 radical (unpaired) electrons. The van der Waals surface area contributed by atoms with Crippen LogP contribution in [0.1, 0.15) is 56.6 Å². The van der Waals surface area contributed by atoms with E-state index in [2.05, 4.69) is 13.0 Å². The van der Waals surface area contributed by atoms with Crippen molar-refractivity contribution in [2.75, 3.05) is 6.61 Å². The monoisotopic (exact) mass is 307 g/mol. The van der Waals surface area contributed by atoms with E-state index in [1.807, 2.05) is 6.07 Å². The highest BCUT2D eigenvalue weighted by molar-refractivity contribution is 6.30. The number of fused-ring (bicyclic) bond motifs is 1. The van der Waals surface area contributed by atoms with Crippen LogP contribution in [0.3, 0.4) is 0 Å². The average molecular weight is 308 g/mol. The van der Waals surface area contributed by atoms with Crippen molar-refractivity contribution in [3.05, 3.63) is 28.3 Å². The average Bonchev–Trinajstić information content (AvgIpc) is 2.90. The lowest BCUT2D eigenvalue weighted by atomic mass is 9.73. The second kappa shape index (κ2) is 6.18. The van der Waals surface area contributed by atoms with Crippen molar-refractivity contribution in [1.82, 2.24) is 0 Å². The van der Waals surface area contributed by atoms with Crippen molar-refractivity contribution < 1.29 is 4.74 Å². The zero-order valence-electron chi connectivity index (χ0n) is 13.0. The largest absolute Gasteiger partial charge is 0.493 e. The summed E-state index contributed by atoms with van der Waals surface area (Å²) in [4.78, 5) is 0. The molecule has 0 unspecified atom stereocenters. The van der Waals surface area contributed by atoms with Gasteiger partial charge in [0.2, 0.25) is 0 Å². The molecule has 1 aliphatic carbocycles. The van der Waals surface area contributed by atoms with Gasteiger partial charge in [0.05, 0.1) is 6.61 Å². The number of rotatable bonds is 4. The first-order chi connectivity index (χ1) is 10.1. The molecule has 2 N–H and O–H groups in total. The Bertz CT molecular complexity index is 506. The van der Waals surface area contributed by atoms with E-state index in [0.29, 0.717) is 0 Å². The van der Waals surface area contributed by atoms with Crippen LogP contribution in [-0.4, -0.2) is 12.1 Å². The molecule has 21 heavy (non-hydrogen) atoms. The van der Waals surface area contributed by atoms with Crippen molar-refractivity contribution in [2.45, 2.75) is 63.8 Å². The van der Waals surface area contributed by atoms with Gasteiger partial charge in [-0.05, 0) is 61.3 Å². The first-order valence-corrected chi connectivity index (χ1v) is 8.70. The van der Waals surface area contributed by atoms with Gasteiger partial charge in [0, 0.05) is 17.0 Å². The standard InChI is InChI=1S/C18H26ClNO/c1-2-3-13-4-7-18(20,8-5-13)12-15-11-16(19)10-14-6-9-21-17(14)15/h10-11,13H,2-9,12,20H2,1H3. The Balaban J connectivity index is 1.72. The molecule has 0 saturated heterocycles. The maximum absolute atomic E-state index is 6.69. The van der Waals surface area contributed by atoms with E-state index in [1.165, 1.54) is 36.8 Å². The summed E-state index contributed by atoms with van der Waals surface area (Å²) in [7, 11) is 0. The fourth-order valence-electron chi connectivity index (χ4n) is 3.98. The Morgan fingerprint density at radius 3 is 2.81 bits per heavy atom. The third-order valence-corrected chi connectivity index (χ3v) is 5.38. The highest BCUT2D eigenvalue weighted by Gasteiger charge is 2.33. The summed E-state index contributed by atoms with van der Waals surface area (Å²) in [5.74, 6) is 1.94. The number of ether oxygens (including phenoxy) is 1. The maximum atomic E-state index is 6.69. The van der Waals surface area contributed by atoms with Gasteiger partial charge in [-0.1, -0.05) is 31.4 Å². The summed E-state index contributed by atoms with van der Waals surface area (Å²) < 4.78 is 5.82. The third-order valence-electron chi connectivity index (χ3n) is 5.17. The van der Waals surface area contributed by atoms with Crippen molar-refractivity contribution in [3.63, 3.8) is 0 Å². The zero-order valence-corrected chi connectivity index (χ0v) is 13.7.